The van der Waals surface area contributed by atoms with Crippen LogP contribution in [0.5, 0.6) is 11.5 Å². The summed E-state index contributed by atoms with van der Waals surface area (Å²) in [6.07, 6.45) is 0. The highest BCUT2D eigenvalue weighted by Gasteiger charge is 2.06. The van der Waals surface area contributed by atoms with Gasteiger partial charge in [0, 0.05) is 5.69 Å². The highest BCUT2D eigenvalue weighted by Crippen LogP contribution is 2.19. The second-order valence-electron chi connectivity index (χ2n) is 5.62. The van der Waals surface area contributed by atoms with Crippen LogP contribution >= 0.6 is 0 Å². The first-order chi connectivity index (χ1) is 12.6. The number of hydrogen-bond acceptors (Lipinski definition) is 7. The molecule has 26 heavy (non-hydrogen) atoms. The first-order valence-electron chi connectivity index (χ1n) is 8.32. The number of aromatic nitrogens is 3. The molecule has 0 amide bonds. The molecule has 3 aromatic rings. The molecule has 0 fully saturated rings. The van der Waals surface area contributed by atoms with Crippen molar-refractivity contribution in [3.63, 3.8) is 0 Å². The molecule has 0 atom stereocenters. The number of rotatable bonds is 7. The molecule has 1 aromatic heterocycles. The van der Waals surface area contributed by atoms with Crippen molar-refractivity contribution in [3.05, 3.63) is 59.9 Å². The maximum Gasteiger partial charge on any atom is 0.232 e. The van der Waals surface area contributed by atoms with Crippen molar-refractivity contribution in [2.24, 2.45) is 0 Å². The molecular weight excluding hydrogens is 330 g/mol. The summed E-state index contributed by atoms with van der Waals surface area (Å²) in [6.45, 7) is 4.78. The minimum atomic E-state index is 0.139. The fourth-order valence-electron chi connectivity index (χ4n) is 2.27. The Balaban J connectivity index is 1.66. The molecule has 0 aliphatic carbocycles. The monoisotopic (exact) mass is 351 g/mol. The summed E-state index contributed by atoms with van der Waals surface area (Å²) in [6, 6.07) is 15.3. The molecule has 134 valence electrons. The molecule has 0 bridgehead atoms. The zero-order valence-electron chi connectivity index (χ0n) is 14.8. The van der Waals surface area contributed by atoms with Gasteiger partial charge < -0.3 is 20.5 Å². The molecule has 3 rings (SSSR count). The lowest BCUT2D eigenvalue weighted by Crippen LogP contribution is -2.09. The van der Waals surface area contributed by atoms with Crippen LogP contribution in [0.4, 0.5) is 17.6 Å². The van der Waals surface area contributed by atoms with Gasteiger partial charge in [0.05, 0.1) is 6.61 Å². The number of hydrogen-bond donors (Lipinski definition) is 2. The minimum absolute atomic E-state index is 0.139. The zero-order chi connectivity index (χ0) is 18.4. The number of anilines is 3. The van der Waals surface area contributed by atoms with Crippen LogP contribution in [0.3, 0.4) is 0 Å². The summed E-state index contributed by atoms with van der Waals surface area (Å²) in [4.78, 5) is 12.6. The fraction of sp³-hybridized carbons (Fsp3) is 0.211. The number of ether oxygens (including phenoxy) is 2. The molecule has 0 aliphatic rings. The van der Waals surface area contributed by atoms with E-state index in [0.29, 0.717) is 24.1 Å². The zero-order valence-corrected chi connectivity index (χ0v) is 14.8. The van der Waals surface area contributed by atoms with Gasteiger partial charge in [-0.15, -0.1) is 0 Å². The Morgan fingerprint density at radius 2 is 1.54 bits per heavy atom. The van der Waals surface area contributed by atoms with Gasteiger partial charge in [-0.2, -0.15) is 15.0 Å². The van der Waals surface area contributed by atoms with E-state index < -0.39 is 0 Å². The van der Waals surface area contributed by atoms with Crippen molar-refractivity contribution >= 4 is 17.6 Å². The van der Waals surface area contributed by atoms with E-state index in [9.17, 15) is 0 Å². The lowest BCUT2D eigenvalue weighted by atomic mass is 10.2. The summed E-state index contributed by atoms with van der Waals surface area (Å²) in [5.74, 6) is 2.46. The van der Waals surface area contributed by atoms with Crippen molar-refractivity contribution in [1.82, 2.24) is 15.0 Å². The highest BCUT2D eigenvalue weighted by atomic mass is 16.5. The fourth-order valence-corrected chi connectivity index (χ4v) is 2.27. The number of nitrogens with two attached hydrogens (primary N) is 1. The Bertz CT molecular complexity index is 851. The molecule has 0 radical (unpaired) electrons. The molecule has 0 spiro atoms. The summed E-state index contributed by atoms with van der Waals surface area (Å²) < 4.78 is 11.1. The molecular formula is C19H21N5O2. The van der Waals surface area contributed by atoms with Crippen molar-refractivity contribution in [1.29, 1.82) is 0 Å². The first kappa shape index (κ1) is 17.5. The summed E-state index contributed by atoms with van der Waals surface area (Å²) in [7, 11) is 0. The molecule has 1 heterocycles. The van der Waals surface area contributed by atoms with Crippen LogP contribution in [0.15, 0.2) is 48.5 Å². The summed E-state index contributed by atoms with van der Waals surface area (Å²) in [5.41, 5.74) is 7.84. The molecule has 0 aliphatic heterocycles. The van der Waals surface area contributed by atoms with Crippen LogP contribution in [-0.2, 0) is 6.61 Å². The van der Waals surface area contributed by atoms with E-state index in [0.717, 1.165) is 11.4 Å². The van der Waals surface area contributed by atoms with Crippen molar-refractivity contribution in [2.45, 2.75) is 20.5 Å². The van der Waals surface area contributed by atoms with Crippen molar-refractivity contribution in [2.75, 3.05) is 17.7 Å². The highest BCUT2D eigenvalue weighted by molar-refractivity contribution is 5.54. The minimum Gasteiger partial charge on any atom is -0.494 e. The SMILES string of the molecule is CCOc1ccc(OCc2nc(N)nc(Nc3ccc(C)cc3)n2)cc1. The predicted octanol–water partition coefficient (Wildman–Crippen LogP) is 3.48. The van der Waals surface area contributed by atoms with Crippen LogP contribution in [0.2, 0.25) is 0 Å². The van der Waals surface area contributed by atoms with Gasteiger partial charge in [-0.3, -0.25) is 0 Å². The van der Waals surface area contributed by atoms with Crippen LogP contribution in [0.1, 0.15) is 18.3 Å². The molecule has 0 saturated carbocycles. The summed E-state index contributed by atoms with van der Waals surface area (Å²) in [5, 5.41) is 3.12. The van der Waals surface area contributed by atoms with E-state index in [4.69, 9.17) is 15.2 Å². The third kappa shape index (κ3) is 4.83. The number of nitrogens with one attached hydrogen (secondary N) is 1. The Hall–Kier alpha value is -3.35. The van der Waals surface area contributed by atoms with E-state index in [1.807, 2.05) is 62.4 Å². The van der Waals surface area contributed by atoms with Gasteiger partial charge in [0.15, 0.2) is 5.82 Å². The molecule has 7 heteroatoms. The van der Waals surface area contributed by atoms with E-state index in [1.54, 1.807) is 0 Å². The van der Waals surface area contributed by atoms with Crippen LogP contribution < -0.4 is 20.5 Å². The number of benzene rings is 2. The molecule has 0 saturated heterocycles. The maximum absolute atomic E-state index is 5.79. The quantitative estimate of drug-likeness (QED) is 0.673. The van der Waals surface area contributed by atoms with E-state index in [2.05, 4.69) is 20.3 Å². The second kappa shape index (κ2) is 8.15. The van der Waals surface area contributed by atoms with Gasteiger partial charge >= 0.3 is 0 Å². The van der Waals surface area contributed by atoms with Gasteiger partial charge in [-0.05, 0) is 50.2 Å². The maximum atomic E-state index is 5.79. The standard InChI is InChI=1S/C19H21N5O2/c1-3-25-15-8-10-16(11-9-15)26-12-17-22-18(20)24-19(23-17)21-14-6-4-13(2)5-7-14/h4-11H,3,12H2,1-2H3,(H3,20,21,22,23,24). The Labute approximate surface area is 152 Å². The summed E-state index contributed by atoms with van der Waals surface area (Å²) >= 11 is 0. The van der Waals surface area contributed by atoms with Gasteiger partial charge in [-0.1, -0.05) is 17.7 Å². The largest absolute Gasteiger partial charge is 0.494 e. The third-order valence-corrected chi connectivity index (χ3v) is 3.51. The topological polar surface area (TPSA) is 95.2 Å². The second-order valence-corrected chi connectivity index (χ2v) is 5.62. The predicted molar refractivity (Wildman–Crippen MR) is 101 cm³/mol. The number of nitrogen functional groups attached to an aromatic ring is 1. The Morgan fingerprint density at radius 3 is 2.19 bits per heavy atom. The van der Waals surface area contributed by atoms with Crippen LogP contribution in [0.25, 0.3) is 0 Å². The molecule has 2 aromatic carbocycles. The van der Waals surface area contributed by atoms with E-state index in [1.165, 1.54) is 5.56 Å². The first-order valence-corrected chi connectivity index (χ1v) is 8.32. The van der Waals surface area contributed by atoms with Crippen LogP contribution in [-0.4, -0.2) is 21.6 Å². The van der Waals surface area contributed by atoms with E-state index >= 15 is 0 Å². The lowest BCUT2D eigenvalue weighted by Gasteiger charge is -2.09. The Kier molecular flexibility index (Phi) is 5.48. The normalized spacial score (nSPS) is 10.4. The third-order valence-electron chi connectivity index (χ3n) is 3.51. The van der Waals surface area contributed by atoms with Gasteiger partial charge in [-0.25, -0.2) is 0 Å². The lowest BCUT2D eigenvalue weighted by molar-refractivity contribution is 0.294. The van der Waals surface area contributed by atoms with Gasteiger partial charge in [0.1, 0.15) is 18.1 Å². The van der Waals surface area contributed by atoms with Gasteiger partial charge in [0.25, 0.3) is 0 Å². The number of aryl methyl sites for hydroxylation is 1. The average Bonchev–Trinajstić information content (AvgIpc) is 2.63. The molecule has 7 nitrogen and oxygen atoms in total. The molecule has 0 unspecified atom stereocenters. The smallest absolute Gasteiger partial charge is 0.232 e. The van der Waals surface area contributed by atoms with E-state index in [-0.39, 0.29) is 12.6 Å². The van der Waals surface area contributed by atoms with Gasteiger partial charge in [0.2, 0.25) is 11.9 Å². The van der Waals surface area contributed by atoms with Crippen molar-refractivity contribution < 1.29 is 9.47 Å². The van der Waals surface area contributed by atoms with Crippen LogP contribution in [0, 0.1) is 6.92 Å². The average molecular weight is 351 g/mol. The van der Waals surface area contributed by atoms with Crippen molar-refractivity contribution in [3.8, 4) is 11.5 Å². The number of nitrogens with zero attached hydrogens (tertiary/aromatic N) is 3. The Morgan fingerprint density at radius 1 is 0.885 bits per heavy atom. The molecule has 3 N–H and O–H groups in total.